The lowest BCUT2D eigenvalue weighted by Crippen LogP contribution is -2.51. The third kappa shape index (κ3) is 4.21. The van der Waals surface area contributed by atoms with E-state index >= 15 is 0 Å². The number of aryl methyl sites for hydroxylation is 2. The van der Waals surface area contributed by atoms with Crippen molar-refractivity contribution in [3.63, 3.8) is 0 Å². The first-order chi connectivity index (χ1) is 12.0. The molecule has 1 fully saturated rings. The number of carbonyl (C=O) groups excluding carboxylic acids is 2. The van der Waals surface area contributed by atoms with Gasteiger partial charge in [-0.3, -0.25) is 9.36 Å². The number of hydrogen-bond acceptors (Lipinski definition) is 4. The Kier molecular flexibility index (Phi) is 5.40. The second kappa shape index (κ2) is 7.71. The molecule has 0 spiro atoms. The summed E-state index contributed by atoms with van der Waals surface area (Å²) in [5.74, 6) is 0.990. The molecule has 9 heteroatoms. The quantitative estimate of drug-likeness (QED) is 0.711. The summed E-state index contributed by atoms with van der Waals surface area (Å²) in [7, 11) is 1.75. The molecule has 2 aliphatic rings. The van der Waals surface area contributed by atoms with Crippen LogP contribution in [0.4, 0.5) is 4.79 Å². The third-order valence-corrected chi connectivity index (χ3v) is 4.83. The molecule has 0 radical (unpaired) electrons. The average Bonchev–Trinajstić information content (AvgIpc) is 2.92. The fraction of sp³-hybridized carbons (Fsp3) is 0.750. The highest BCUT2D eigenvalue weighted by Gasteiger charge is 2.23. The molecule has 25 heavy (non-hydrogen) atoms. The Morgan fingerprint density at radius 2 is 2.12 bits per heavy atom. The fourth-order valence-electron chi connectivity index (χ4n) is 3.39. The fourth-order valence-corrected chi connectivity index (χ4v) is 3.39. The Morgan fingerprint density at radius 1 is 1.28 bits per heavy atom. The summed E-state index contributed by atoms with van der Waals surface area (Å²) in [6.45, 7) is 2.27. The van der Waals surface area contributed by atoms with Crippen LogP contribution in [0.3, 0.4) is 0 Å². The minimum atomic E-state index is -0.232. The Bertz CT molecular complexity index is 695. The van der Waals surface area contributed by atoms with Gasteiger partial charge < -0.3 is 15.5 Å². The topological polar surface area (TPSA) is 101 Å². The number of urea groups is 1. The lowest BCUT2D eigenvalue weighted by molar-refractivity contribution is -0.132. The van der Waals surface area contributed by atoms with Crippen LogP contribution < -0.4 is 16.3 Å². The lowest BCUT2D eigenvalue weighted by Gasteiger charge is -2.30. The number of piperidine rings is 1. The molecule has 3 rings (SSSR count). The highest BCUT2D eigenvalue weighted by atomic mass is 16.2. The highest BCUT2D eigenvalue weighted by molar-refractivity contribution is 5.78. The Hall–Kier alpha value is -2.32. The zero-order valence-corrected chi connectivity index (χ0v) is 14.7. The Balaban J connectivity index is 1.38. The molecule has 1 unspecified atom stereocenters. The standard InChI is InChI=1S/C16H26N6O3/c1-20-11-12(6-7-14(20)23)18-15(24)17-8-4-10-22-16(25)21-9-3-2-5-13(21)19-22/h12H,2-11H2,1H3,(H2,17,18,24). The molecule has 3 amide bonds. The smallest absolute Gasteiger partial charge is 0.344 e. The van der Waals surface area contributed by atoms with Gasteiger partial charge in [0.25, 0.3) is 0 Å². The van der Waals surface area contributed by atoms with Gasteiger partial charge in [0.1, 0.15) is 5.82 Å². The van der Waals surface area contributed by atoms with Gasteiger partial charge in [0.2, 0.25) is 5.91 Å². The van der Waals surface area contributed by atoms with Crippen LogP contribution in [0.25, 0.3) is 0 Å². The molecule has 0 saturated carbocycles. The molecule has 1 aromatic heterocycles. The molecule has 0 aromatic carbocycles. The van der Waals surface area contributed by atoms with Gasteiger partial charge in [-0.05, 0) is 25.7 Å². The predicted molar refractivity (Wildman–Crippen MR) is 91.2 cm³/mol. The average molecular weight is 350 g/mol. The van der Waals surface area contributed by atoms with Crippen molar-refractivity contribution in [2.75, 3.05) is 20.1 Å². The molecule has 138 valence electrons. The van der Waals surface area contributed by atoms with Gasteiger partial charge in [-0.2, -0.15) is 5.10 Å². The van der Waals surface area contributed by atoms with E-state index in [-0.39, 0.29) is 23.7 Å². The number of rotatable bonds is 5. The first-order valence-electron chi connectivity index (χ1n) is 8.99. The summed E-state index contributed by atoms with van der Waals surface area (Å²) >= 11 is 0. The largest absolute Gasteiger partial charge is 0.345 e. The number of nitrogens with zero attached hydrogens (tertiary/aromatic N) is 4. The second-order valence-corrected chi connectivity index (χ2v) is 6.79. The Morgan fingerprint density at radius 3 is 2.88 bits per heavy atom. The maximum atomic E-state index is 12.2. The first-order valence-corrected chi connectivity index (χ1v) is 8.99. The van der Waals surface area contributed by atoms with Crippen LogP contribution in [-0.4, -0.2) is 57.4 Å². The van der Waals surface area contributed by atoms with Crippen molar-refractivity contribution >= 4 is 11.9 Å². The second-order valence-electron chi connectivity index (χ2n) is 6.79. The van der Waals surface area contributed by atoms with Crippen LogP contribution in [0, 0.1) is 0 Å². The van der Waals surface area contributed by atoms with Crippen LogP contribution in [0.5, 0.6) is 0 Å². The number of amides is 3. The van der Waals surface area contributed by atoms with Crippen molar-refractivity contribution in [3.05, 3.63) is 16.3 Å². The molecule has 1 saturated heterocycles. The van der Waals surface area contributed by atoms with Gasteiger partial charge in [0, 0.05) is 52.1 Å². The van der Waals surface area contributed by atoms with E-state index in [2.05, 4.69) is 15.7 Å². The van der Waals surface area contributed by atoms with Crippen molar-refractivity contribution in [3.8, 4) is 0 Å². The van der Waals surface area contributed by atoms with E-state index in [1.165, 1.54) is 4.68 Å². The van der Waals surface area contributed by atoms with Crippen molar-refractivity contribution in [1.29, 1.82) is 0 Å². The van der Waals surface area contributed by atoms with Crippen molar-refractivity contribution in [2.45, 2.75) is 57.7 Å². The first kappa shape index (κ1) is 17.5. The monoisotopic (exact) mass is 350 g/mol. The minimum absolute atomic E-state index is 0.00909. The van der Waals surface area contributed by atoms with E-state index in [0.717, 1.165) is 31.6 Å². The zero-order chi connectivity index (χ0) is 17.8. The van der Waals surface area contributed by atoms with Gasteiger partial charge >= 0.3 is 11.7 Å². The molecular weight excluding hydrogens is 324 g/mol. The van der Waals surface area contributed by atoms with Crippen molar-refractivity contribution in [2.24, 2.45) is 0 Å². The summed E-state index contributed by atoms with van der Waals surface area (Å²) in [4.78, 5) is 37.2. The van der Waals surface area contributed by atoms with Gasteiger partial charge in [-0.25, -0.2) is 14.3 Å². The molecule has 3 heterocycles. The molecule has 9 nitrogen and oxygen atoms in total. The normalized spacial score (nSPS) is 20.3. The molecule has 1 atom stereocenters. The number of carbonyl (C=O) groups is 2. The van der Waals surface area contributed by atoms with E-state index in [4.69, 9.17) is 0 Å². The molecular formula is C16H26N6O3. The summed E-state index contributed by atoms with van der Waals surface area (Å²) in [6, 6.07) is -0.241. The van der Waals surface area contributed by atoms with Crippen molar-refractivity contribution in [1.82, 2.24) is 29.9 Å². The summed E-state index contributed by atoms with van der Waals surface area (Å²) < 4.78 is 3.26. The number of aromatic nitrogens is 3. The predicted octanol–water partition coefficient (Wildman–Crippen LogP) is -0.309. The molecule has 2 aliphatic heterocycles. The van der Waals surface area contributed by atoms with Crippen LogP contribution >= 0.6 is 0 Å². The van der Waals surface area contributed by atoms with Crippen molar-refractivity contribution < 1.29 is 9.59 Å². The number of likely N-dealkylation sites (tertiary alicyclic amines) is 1. The van der Waals surface area contributed by atoms with Crippen LogP contribution in [0.1, 0.15) is 37.9 Å². The molecule has 0 aliphatic carbocycles. The molecule has 1 aromatic rings. The van der Waals surface area contributed by atoms with Crippen LogP contribution in [-0.2, 0) is 24.3 Å². The van der Waals surface area contributed by atoms with Gasteiger partial charge in [-0.15, -0.1) is 0 Å². The highest BCUT2D eigenvalue weighted by Crippen LogP contribution is 2.10. The van der Waals surface area contributed by atoms with E-state index in [9.17, 15) is 14.4 Å². The van der Waals surface area contributed by atoms with E-state index < -0.39 is 0 Å². The van der Waals surface area contributed by atoms with Crippen LogP contribution in [0.15, 0.2) is 4.79 Å². The van der Waals surface area contributed by atoms with Gasteiger partial charge in [0.15, 0.2) is 0 Å². The molecule has 2 N–H and O–H groups in total. The summed E-state index contributed by atoms with van der Waals surface area (Å²) in [5, 5.41) is 10.1. The van der Waals surface area contributed by atoms with Crippen LogP contribution in [0.2, 0.25) is 0 Å². The Labute approximate surface area is 146 Å². The number of fused-ring (bicyclic) bond motifs is 1. The molecule has 0 bridgehead atoms. The summed E-state index contributed by atoms with van der Waals surface area (Å²) in [5.41, 5.74) is -0.0472. The summed E-state index contributed by atoms with van der Waals surface area (Å²) in [6.07, 6.45) is 4.76. The maximum Gasteiger partial charge on any atom is 0.345 e. The van der Waals surface area contributed by atoms with Gasteiger partial charge in [0.05, 0.1) is 0 Å². The number of likely N-dealkylation sites (N-methyl/N-ethyl adjacent to an activating group) is 1. The minimum Gasteiger partial charge on any atom is -0.344 e. The SMILES string of the molecule is CN1CC(NC(=O)NCCCn2nc3n(c2=O)CCCC3)CCC1=O. The maximum absolute atomic E-state index is 12.2. The van der Waals surface area contributed by atoms with E-state index in [1.54, 1.807) is 16.5 Å². The third-order valence-electron chi connectivity index (χ3n) is 4.83. The zero-order valence-electron chi connectivity index (χ0n) is 14.7. The van der Waals surface area contributed by atoms with E-state index in [1.807, 2.05) is 0 Å². The number of hydrogen-bond donors (Lipinski definition) is 2. The lowest BCUT2D eigenvalue weighted by atomic mass is 10.1. The van der Waals surface area contributed by atoms with Gasteiger partial charge in [-0.1, -0.05) is 0 Å². The number of nitrogens with one attached hydrogen (secondary N) is 2. The van der Waals surface area contributed by atoms with E-state index in [0.29, 0.717) is 38.9 Å².